The van der Waals surface area contributed by atoms with E-state index in [4.69, 9.17) is 11.6 Å². The van der Waals surface area contributed by atoms with Crippen molar-refractivity contribution in [2.75, 3.05) is 23.3 Å². The van der Waals surface area contributed by atoms with Crippen LogP contribution < -0.4 is 10.2 Å². The quantitative estimate of drug-likeness (QED) is 0.812. The van der Waals surface area contributed by atoms with Crippen molar-refractivity contribution < 1.29 is 13.2 Å². The minimum Gasteiger partial charge on any atom is -0.357 e. The number of hydrogen-bond donors (Lipinski definition) is 1. The van der Waals surface area contributed by atoms with E-state index in [2.05, 4.69) is 15.3 Å². The van der Waals surface area contributed by atoms with Gasteiger partial charge in [-0.2, -0.15) is 13.2 Å². The fraction of sp³-hybridized carbons (Fsp3) is 0.375. The molecule has 0 spiro atoms. The standard InChI is InChI=1S/C16H18ClF3N4/c1-4-24(5-2)15-9-14(21-10(3)22-15)23-11-6-7-13(17)12(8-11)16(18,19)20/h6-9H,4-5H2,1-3H3,(H,21,22,23). The van der Waals surface area contributed by atoms with Crippen LogP contribution >= 0.6 is 11.6 Å². The summed E-state index contributed by atoms with van der Waals surface area (Å²) in [5.41, 5.74) is -0.626. The van der Waals surface area contributed by atoms with Gasteiger partial charge in [-0.1, -0.05) is 11.6 Å². The summed E-state index contributed by atoms with van der Waals surface area (Å²) in [4.78, 5) is 10.6. The van der Waals surface area contributed by atoms with Gasteiger partial charge in [0.2, 0.25) is 0 Å². The monoisotopic (exact) mass is 358 g/mol. The first-order chi connectivity index (χ1) is 11.2. The lowest BCUT2D eigenvalue weighted by Gasteiger charge is -2.21. The number of nitrogens with zero attached hydrogens (tertiary/aromatic N) is 3. The number of alkyl halides is 3. The summed E-state index contributed by atoms with van der Waals surface area (Å²) in [5, 5.41) is 2.55. The second-order valence-corrected chi connectivity index (χ2v) is 5.56. The summed E-state index contributed by atoms with van der Waals surface area (Å²) < 4.78 is 38.8. The molecule has 1 aromatic heterocycles. The molecule has 8 heteroatoms. The van der Waals surface area contributed by atoms with E-state index < -0.39 is 11.7 Å². The second kappa shape index (κ2) is 7.25. The molecule has 2 aromatic rings. The largest absolute Gasteiger partial charge is 0.417 e. The van der Waals surface area contributed by atoms with Gasteiger partial charge in [-0.25, -0.2) is 9.97 Å². The van der Waals surface area contributed by atoms with E-state index in [-0.39, 0.29) is 10.7 Å². The van der Waals surface area contributed by atoms with Crippen LogP contribution in [-0.4, -0.2) is 23.1 Å². The van der Waals surface area contributed by atoms with E-state index in [1.807, 2.05) is 18.7 Å². The topological polar surface area (TPSA) is 41.0 Å². The van der Waals surface area contributed by atoms with Gasteiger partial charge in [-0.05, 0) is 39.0 Å². The van der Waals surface area contributed by atoms with E-state index in [0.29, 0.717) is 11.6 Å². The first kappa shape index (κ1) is 18.3. The molecule has 130 valence electrons. The highest BCUT2D eigenvalue weighted by atomic mass is 35.5. The van der Waals surface area contributed by atoms with Crippen LogP contribution in [0.25, 0.3) is 0 Å². The van der Waals surface area contributed by atoms with Gasteiger partial charge in [0, 0.05) is 24.8 Å². The third kappa shape index (κ3) is 4.29. The van der Waals surface area contributed by atoms with Gasteiger partial charge >= 0.3 is 6.18 Å². The predicted octanol–water partition coefficient (Wildman–Crippen LogP) is 5.05. The number of halogens is 4. The lowest BCUT2D eigenvalue weighted by atomic mass is 10.2. The number of benzene rings is 1. The molecule has 0 unspecified atom stereocenters. The van der Waals surface area contributed by atoms with E-state index in [1.165, 1.54) is 12.1 Å². The summed E-state index contributed by atoms with van der Waals surface area (Å²) in [5.74, 6) is 1.69. The Hall–Kier alpha value is -2.02. The molecule has 0 fully saturated rings. The molecule has 0 saturated carbocycles. The van der Waals surface area contributed by atoms with Crippen LogP contribution in [0, 0.1) is 6.92 Å². The van der Waals surface area contributed by atoms with Gasteiger partial charge in [0.15, 0.2) is 0 Å². The number of hydrogen-bond acceptors (Lipinski definition) is 4. The molecule has 0 aliphatic heterocycles. The highest BCUT2D eigenvalue weighted by molar-refractivity contribution is 6.31. The lowest BCUT2D eigenvalue weighted by Crippen LogP contribution is -2.23. The molecule has 0 bridgehead atoms. The Balaban J connectivity index is 2.35. The first-order valence-electron chi connectivity index (χ1n) is 7.49. The van der Waals surface area contributed by atoms with Crippen LogP contribution in [0.4, 0.5) is 30.5 Å². The molecule has 1 N–H and O–H groups in total. The Kier molecular flexibility index (Phi) is 5.54. The van der Waals surface area contributed by atoms with E-state index in [1.54, 1.807) is 13.0 Å². The number of aromatic nitrogens is 2. The van der Waals surface area contributed by atoms with Crippen molar-refractivity contribution in [1.82, 2.24) is 9.97 Å². The maximum atomic E-state index is 12.9. The Bertz CT molecular complexity index is 715. The van der Waals surface area contributed by atoms with Crippen molar-refractivity contribution in [3.05, 3.63) is 40.7 Å². The lowest BCUT2D eigenvalue weighted by molar-refractivity contribution is -0.137. The van der Waals surface area contributed by atoms with Gasteiger partial charge in [0.05, 0.1) is 10.6 Å². The summed E-state index contributed by atoms with van der Waals surface area (Å²) >= 11 is 5.63. The van der Waals surface area contributed by atoms with Crippen molar-refractivity contribution in [2.24, 2.45) is 0 Å². The molecule has 1 aromatic carbocycles. The average molecular weight is 359 g/mol. The molecule has 0 aliphatic rings. The molecule has 2 rings (SSSR count). The second-order valence-electron chi connectivity index (χ2n) is 5.15. The van der Waals surface area contributed by atoms with Gasteiger partial charge in [0.25, 0.3) is 0 Å². The van der Waals surface area contributed by atoms with Crippen molar-refractivity contribution in [1.29, 1.82) is 0 Å². The predicted molar refractivity (Wildman–Crippen MR) is 90.1 cm³/mol. The zero-order chi connectivity index (χ0) is 17.9. The van der Waals surface area contributed by atoms with Gasteiger partial charge in [-0.3, -0.25) is 0 Å². The van der Waals surface area contributed by atoms with Crippen LogP contribution in [0.15, 0.2) is 24.3 Å². The van der Waals surface area contributed by atoms with Crippen LogP contribution in [0.3, 0.4) is 0 Å². The minimum absolute atomic E-state index is 0.260. The molecule has 0 amide bonds. The number of anilines is 3. The summed E-state index contributed by atoms with van der Waals surface area (Å²) in [7, 11) is 0. The summed E-state index contributed by atoms with van der Waals surface area (Å²) in [6, 6.07) is 5.37. The van der Waals surface area contributed by atoms with Crippen LogP contribution in [0.1, 0.15) is 25.2 Å². The Morgan fingerprint density at radius 1 is 1.12 bits per heavy atom. The molecule has 24 heavy (non-hydrogen) atoms. The first-order valence-corrected chi connectivity index (χ1v) is 7.86. The number of rotatable bonds is 5. The molecule has 0 radical (unpaired) electrons. The molecule has 4 nitrogen and oxygen atoms in total. The van der Waals surface area contributed by atoms with Gasteiger partial charge in [0.1, 0.15) is 17.5 Å². The van der Waals surface area contributed by atoms with E-state index in [9.17, 15) is 13.2 Å². The highest BCUT2D eigenvalue weighted by Crippen LogP contribution is 2.36. The average Bonchev–Trinajstić information content (AvgIpc) is 2.49. The normalized spacial score (nSPS) is 11.5. The third-order valence-corrected chi connectivity index (χ3v) is 3.79. The summed E-state index contributed by atoms with van der Waals surface area (Å²) in [6.07, 6.45) is -4.51. The summed E-state index contributed by atoms with van der Waals surface area (Å²) in [6.45, 7) is 7.28. The van der Waals surface area contributed by atoms with Crippen molar-refractivity contribution in [3.8, 4) is 0 Å². The van der Waals surface area contributed by atoms with E-state index in [0.717, 1.165) is 25.0 Å². The molecule has 0 saturated heterocycles. The molecule has 1 heterocycles. The molecule has 0 aliphatic carbocycles. The van der Waals surface area contributed by atoms with Crippen LogP contribution in [0.2, 0.25) is 5.02 Å². The maximum absolute atomic E-state index is 12.9. The smallest absolute Gasteiger partial charge is 0.357 e. The van der Waals surface area contributed by atoms with Crippen LogP contribution in [-0.2, 0) is 6.18 Å². The Morgan fingerprint density at radius 3 is 2.38 bits per heavy atom. The fourth-order valence-corrected chi connectivity index (χ4v) is 2.52. The maximum Gasteiger partial charge on any atom is 0.417 e. The Labute approximate surface area is 143 Å². The van der Waals surface area contributed by atoms with Gasteiger partial charge < -0.3 is 10.2 Å². The van der Waals surface area contributed by atoms with E-state index >= 15 is 0 Å². The highest BCUT2D eigenvalue weighted by Gasteiger charge is 2.33. The Morgan fingerprint density at radius 2 is 1.79 bits per heavy atom. The number of nitrogens with one attached hydrogen (secondary N) is 1. The van der Waals surface area contributed by atoms with Crippen molar-refractivity contribution in [3.63, 3.8) is 0 Å². The molecular formula is C16H18ClF3N4. The molecule has 0 atom stereocenters. The fourth-order valence-electron chi connectivity index (χ4n) is 2.29. The molecular weight excluding hydrogens is 341 g/mol. The van der Waals surface area contributed by atoms with Crippen molar-refractivity contribution in [2.45, 2.75) is 26.9 Å². The third-order valence-electron chi connectivity index (χ3n) is 3.46. The SMILES string of the molecule is CCN(CC)c1cc(Nc2ccc(Cl)c(C(F)(F)F)c2)nc(C)n1. The number of aryl methyl sites for hydroxylation is 1. The zero-order valence-corrected chi connectivity index (χ0v) is 14.3. The van der Waals surface area contributed by atoms with Crippen LogP contribution in [0.5, 0.6) is 0 Å². The zero-order valence-electron chi connectivity index (χ0n) is 13.6. The minimum atomic E-state index is -4.51. The van der Waals surface area contributed by atoms with Gasteiger partial charge in [-0.15, -0.1) is 0 Å². The van der Waals surface area contributed by atoms with Crippen molar-refractivity contribution >= 4 is 28.9 Å².